The third-order valence-electron chi connectivity index (χ3n) is 5.14. The van der Waals surface area contributed by atoms with Crippen LogP contribution in [0.5, 0.6) is 0 Å². The first kappa shape index (κ1) is 15.3. The van der Waals surface area contributed by atoms with Gasteiger partial charge in [0.05, 0.1) is 5.70 Å². The lowest BCUT2D eigenvalue weighted by Gasteiger charge is -2.35. The second kappa shape index (κ2) is 5.97. The van der Waals surface area contributed by atoms with Gasteiger partial charge in [0.15, 0.2) is 11.6 Å². The third kappa shape index (κ3) is 2.58. The number of nitrogens with zero attached hydrogens (tertiary/aromatic N) is 2. The van der Waals surface area contributed by atoms with Gasteiger partial charge in [-0.05, 0) is 31.3 Å². The maximum absolute atomic E-state index is 12.1. The minimum Gasteiger partial charge on any atom is -0.294 e. The monoisotopic (exact) mass is 318 g/mol. The maximum atomic E-state index is 12.1. The number of Topliss-reactive ketones (excluding diaryl/α,β-unsaturated/α-hetero) is 1. The fraction of sp³-hybridized carbons (Fsp3) is 0.381. The van der Waals surface area contributed by atoms with Crippen LogP contribution in [0.4, 0.5) is 0 Å². The summed E-state index contributed by atoms with van der Waals surface area (Å²) in [5.41, 5.74) is 4.16. The van der Waals surface area contributed by atoms with Gasteiger partial charge in [0.25, 0.3) is 0 Å². The lowest BCUT2D eigenvalue weighted by Crippen LogP contribution is -2.33. The Morgan fingerprint density at radius 1 is 1.17 bits per heavy atom. The number of aliphatic imine (C=N–C) groups is 2. The number of amidine groups is 1. The Bertz CT molecular complexity index is 794. The predicted molar refractivity (Wildman–Crippen MR) is 97.6 cm³/mol. The molecule has 1 aromatic rings. The Balaban J connectivity index is 1.67. The first-order valence-corrected chi connectivity index (χ1v) is 8.82. The fourth-order valence-electron chi connectivity index (χ4n) is 3.85. The molecule has 0 radical (unpaired) electrons. The van der Waals surface area contributed by atoms with Crippen molar-refractivity contribution >= 4 is 17.3 Å². The van der Waals surface area contributed by atoms with Crippen LogP contribution in [0, 0.1) is 17.8 Å². The summed E-state index contributed by atoms with van der Waals surface area (Å²) in [6.45, 7) is 3.85. The minimum atomic E-state index is 0.0160. The van der Waals surface area contributed by atoms with Gasteiger partial charge in [-0.25, -0.2) is 9.98 Å². The van der Waals surface area contributed by atoms with Gasteiger partial charge in [-0.2, -0.15) is 0 Å². The van der Waals surface area contributed by atoms with Crippen molar-refractivity contribution < 1.29 is 4.79 Å². The summed E-state index contributed by atoms with van der Waals surface area (Å²) >= 11 is 0. The van der Waals surface area contributed by atoms with Crippen molar-refractivity contribution in [1.29, 1.82) is 0 Å². The average Bonchev–Trinajstić information content (AvgIpc) is 2.61. The van der Waals surface area contributed by atoms with Gasteiger partial charge in [-0.3, -0.25) is 4.79 Å². The van der Waals surface area contributed by atoms with Crippen LogP contribution < -0.4 is 0 Å². The summed E-state index contributed by atoms with van der Waals surface area (Å²) in [6.07, 6.45) is 10.1. The molecule has 4 rings (SSSR count). The zero-order chi connectivity index (χ0) is 16.7. The van der Waals surface area contributed by atoms with Crippen LogP contribution in [0.25, 0.3) is 0 Å². The SMILES string of the molecule is CC(C)C(=O)c1ccc(C2=NC3=CC=CC4CCCC(=N2)C34)cc1. The lowest BCUT2D eigenvalue weighted by atomic mass is 9.73. The molecule has 122 valence electrons. The van der Waals surface area contributed by atoms with E-state index in [0.717, 1.165) is 29.1 Å². The van der Waals surface area contributed by atoms with Gasteiger partial charge in [0.2, 0.25) is 0 Å². The molecule has 0 spiro atoms. The van der Waals surface area contributed by atoms with E-state index >= 15 is 0 Å². The summed E-state index contributed by atoms with van der Waals surface area (Å²) in [7, 11) is 0. The van der Waals surface area contributed by atoms with Crippen molar-refractivity contribution in [2.75, 3.05) is 0 Å². The van der Waals surface area contributed by atoms with Gasteiger partial charge in [-0.1, -0.05) is 50.3 Å². The van der Waals surface area contributed by atoms with Crippen molar-refractivity contribution in [1.82, 2.24) is 0 Å². The van der Waals surface area contributed by atoms with Crippen LogP contribution in [0.2, 0.25) is 0 Å². The highest BCUT2D eigenvalue weighted by atomic mass is 16.1. The van der Waals surface area contributed by atoms with E-state index in [-0.39, 0.29) is 11.7 Å². The average molecular weight is 318 g/mol. The van der Waals surface area contributed by atoms with E-state index in [0.29, 0.717) is 11.8 Å². The van der Waals surface area contributed by atoms with E-state index in [1.165, 1.54) is 18.6 Å². The summed E-state index contributed by atoms with van der Waals surface area (Å²) < 4.78 is 0. The number of carbonyl (C=O) groups excluding carboxylic acids is 1. The molecule has 1 aromatic carbocycles. The summed E-state index contributed by atoms with van der Waals surface area (Å²) in [5.74, 6) is 1.92. The molecule has 1 aliphatic heterocycles. The van der Waals surface area contributed by atoms with Crippen LogP contribution >= 0.6 is 0 Å². The first-order chi connectivity index (χ1) is 11.6. The molecule has 0 aromatic heterocycles. The number of carbonyl (C=O) groups is 1. The van der Waals surface area contributed by atoms with Gasteiger partial charge in [-0.15, -0.1) is 0 Å². The molecule has 2 atom stereocenters. The fourth-order valence-corrected chi connectivity index (χ4v) is 3.85. The van der Waals surface area contributed by atoms with Crippen molar-refractivity contribution in [2.45, 2.75) is 33.1 Å². The maximum Gasteiger partial charge on any atom is 0.165 e. The van der Waals surface area contributed by atoms with Gasteiger partial charge in [0, 0.05) is 28.7 Å². The highest BCUT2D eigenvalue weighted by Gasteiger charge is 2.35. The number of hydrogen-bond acceptors (Lipinski definition) is 3. The molecule has 2 unspecified atom stereocenters. The molecule has 2 aliphatic carbocycles. The zero-order valence-corrected chi connectivity index (χ0v) is 14.2. The molecule has 3 heteroatoms. The number of benzene rings is 1. The molecule has 0 N–H and O–H groups in total. The Morgan fingerprint density at radius 2 is 1.96 bits per heavy atom. The first-order valence-electron chi connectivity index (χ1n) is 8.82. The van der Waals surface area contributed by atoms with Crippen molar-refractivity contribution in [3.05, 3.63) is 59.3 Å². The molecule has 3 aliphatic rings. The molecule has 0 amide bonds. The Labute approximate surface area is 142 Å². The van der Waals surface area contributed by atoms with E-state index in [9.17, 15) is 4.79 Å². The molecule has 3 nitrogen and oxygen atoms in total. The summed E-state index contributed by atoms with van der Waals surface area (Å²) in [4.78, 5) is 21.8. The number of hydrogen-bond donors (Lipinski definition) is 0. The molecule has 24 heavy (non-hydrogen) atoms. The van der Waals surface area contributed by atoms with E-state index in [2.05, 4.69) is 18.2 Å². The van der Waals surface area contributed by atoms with Crippen molar-refractivity contribution in [3.8, 4) is 0 Å². The quantitative estimate of drug-likeness (QED) is 0.751. The third-order valence-corrected chi connectivity index (χ3v) is 5.14. The van der Waals surface area contributed by atoms with Crippen LogP contribution in [0.3, 0.4) is 0 Å². The van der Waals surface area contributed by atoms with Crippen LogP contribution in [0.1, 0.15) is 49.0 Å². The Kier molecular flexibility index (Phi) is 3.79. The van der Waals surface area contributed by atoms with Crippen LogP contribution in [0.15, 0.2) is 58.2 Å². The second-order valence-electron chi connectivity index (χ2n) is 7.15. The highest BCUT2D eigenvalue weighted by molar-refractivity contribution is 6.11. The van der Waals surface area contributed by atoms with E-state index in [4.69, 9.17) is 9.98 Å². The van der Waals surface area contributed by atoms with Crippen molar-refractivity contribution in [2.24, 2.45) is 27.7 Å². The molecule has 0 saturated heterocycles. The smallest absolute Gasteiger partial charge is 0.165 e. The Hall–Kier alpha value is -2.29. The molecule has 0 bridgehead atoms. The minimum absolute atomic E-state index is 0.0160. The topological polar surface area (TPSA) is 41.8 Å². The van der Waals surface area contributed by atoms with Gasteiger partial charge >= 0.3 is 0 Å². The van der Waals surface area contributed by atoms with Gasteiger partial charge in [0.1, 0.15) is 0 Å². The number of allylic oxidation sites excluding steroid dienone is 4. The van der Waals surface area contributed by atoms with Crippen LogP contribution in [-0.2, 0) is 0 Å². The van der Waals surface area contributed by atoms with Crippen molar-refractivity contribution in [3.63, 3.8) is 0 Å². The molecule has 1 saturated carbocycles. The molecule has 1 heterocycles. The second-order valence-corrected chi connectivity index (χ2v) is 7.15. The van der Waals surface area contributed by atoms with Crippen LogP contribution in [-0.4, -0.2) is 17.3 Å². The van der Waals surface area contributed by atoms with E-state index in [1.54, 1.807) is 0 Å². The largest absolute Gasteiger partial charge is 0.294 e. The van der Waals surface area contributed by atoms with Gasteiger partial charge < -0.3 is 0 Å². The zero-order valence-electron chi connectivity index (χ0n) is 14.2. The lowest BCUT2D eigenvalue weighted by molar-refractivity contribution is 0.0939. The van der Waals surface area contributed by atoms with E-state index < -0.39 is 0 Å². The molecular formula is C21H22N2O. The van der Waals surface area contributed by atoms with E-state index in [1.807, 2.05) is 38.1 Å². The number of ketones is 1. The predicted octanol–water partition coefficient (Wildman–Crippen LogP) is 4.60. The normalized spacial score (nSPS) is 24.9. The summed E-state index contributed by atoms with van der Waals surface area (Å²) in [5, 5.41) is 0. The highest BCUT2D eigenvalue weighted by Crippen LogP contribution is 2.39. The number of rotatable bonds is 3. The standard InChI is InChI=1S/C21H22N2O/c1-13(2)20(24)15-9-11-16(12-10-15)21-22-17-7-3-5-14-6-4-8-18(23-21)19(14)17/h3,5,7,9-14,19H,4,6,8H2,1-2H3. The molecule has 1 fully saturated rings. The summed E-state index contributed by atoms with van der Waals surface area (Å²) in [6, 6.07) is 7.73. The Morgan fingerprint density at radius 3 is 2.71 bits per heavy atom. The molecular weight excluding hydrogens is 296 g/mol.